The Balaban J connectivity index is 1.55. The molecule has 0 unspecified atom stereocenters. The second-order valence-electron chi connectivity index (χ2n) is 5.98. The fourth-order valence-corrected chi connectivity index (χ4v) is 2.54. The molecular formula is C21H20N4O3. The van der Waals surface area contributed by atoms with E-state index in [1.165, 1.54) is 25.1 Å². The third kappa shape index (κ3) is 5.14. The molecule has 1 heterocycles. The molecule has 3 rings (SSSR count). The maximum Gasteiger partial charge on any atom is 0.337 e. The molecule has 28 heavy (non-hydrogen) atoms. The third-order valence-corrected chi connectivity index (χ3v) is 4.00. The summed E-state index contributed by atoms with van der Waals surface area (Å²) in [5, 5.41) is 5.84. The Labute approximate surface area is 162 Å². The van der Waals surface area contributed by atoms with E-state index >= 15 is 0 Å². The van der Waals surface area contributed by atoms with E-state index in [1.54, 1.807) is 24.3 Å². The number of carbonyl (C=O) groups excluding carboxylic acids is 2. The van der Waals surface area contributed by atoms with Gasteiger partial charge >= 0.3 is 5.97 Å². The first-order valence-electron chi connectivity index (χ1n) is 8.75. The summed E-state index contributed by atoms with van der Waals surface area (Å²) in [4.78, 5) is 32.3. The van der Waals surface area contributed by atoms with Crippen LogP contribution in [-0.4, -0.2) is 35.5 Å². The van der Waals surface area contributed by atoms with Crippen LogP contribution >= 0.6 is 0 Å². The number of nitrogens with zero attached hydrogens (tertiary/aromatic N) is 2. The lowest BCUT2D eigenvalue weighted by Gasteiger charge is -2.08. The molecular weight excluding hydrogens is 356 g/mol. The molecule has 0 radical (unpaired) electrons. The van der Waals surface area contributed by atoms with E-state index in [0.29, 0.717) is 29.3 Å². The smallest absolute Gasteiger partial charge is 0.337 e. The molecule has 0 spiro atoms. The quantitative estimate of drug-likeness (QED) is 0.615. The van der Waals surface area contributed by atoms with Gasteiger partial charge in [-0.05, 0) is 30.2 Å². The van der Waals surface area contributed by atoms with Gasteiger partial charge in [-0.1, -0.05) is 36.4 Å². The van der Waals surface area contributed by atoms with E-state index in [4.69, 9.17) is 0 Å². The van der Waals surface area contributed by atoms with Crippen molar-refractivity contribution in [2.75, 3.05) is 24.3 Å². The molecule has 7 nitrogen and oxygen atoms in total. The monoisotopic (exact) mass is 376 g/mol. The first-order chi connectivity index (χ1) is 13.7. The van der Waals surface area contributed by atoms with Crippen molar-refractivity contribution in [3.63, 3.8) is 0 Å². The third-order valence-electron chi connectivity index (χ3n) is 4.00. The standard InChI is InChI=1S/C21H20N4O3/c1-28-20(27)16-8-5-9-18(12-16)25-19(26)17-13-23-21(24-14-17)22-11-10-15-6-3-2-4-7-15/h2-9,12-14H,10-11H2,1H3,(H,25,26)(H,22,23,24). The zero-order chi connectivity index (χ0) is 19.8. The molecule has 2 aromatic carbocycles. The maximum atomic E-state index is 12.3. The molecule has 0 saturated carbocycles. The highest BCUT2D eigenvalue weighted by molar-refractivity contribution is 6.04. The first-order valence-corrected chi connectivity index (χ1v) is 8.75. The zero-order valence-electron chi connectivity index (χ0n) is 15.4. The van der Waals surface area contributed by atoms with Crippen LogP contribution in [0.25, 0.3) is 0 Å². The van der Waals surface area contributed by atoms with E-state index in [9.17, 15) is 9.59 Å². The van der Waals surface area contributed by atoms with E-state index in [0.717, 1.165) is 6.42 Å². The Morgan fingerprint density at radius 2 is 1.71 bits per heavy atom. The predicted molar refractivity (Wildman–Crippen MR) is 106 cm³/mol. The van der Waals surface area contributed by atoms with Gasteiger partial charge in [0.2, 0.25) is 5.95 Å². The van der Waals surface area contributed by atoms with E-state index < -0.39 is 5.97 Å². The molecule has 0 aliphatic rings. The van der Waals surface area contributed by atoms with Crippen LogP contribution in [0.1, 0.15) is 26.3 Å². The molecule has 0 aliphatic carbocycles. The lowest BCUT2D eigenvalue weighted by molar-refractivity contribution is 0.0600. The average molecular weight is 376 g/mol. The molecule has 0 saturated heterocycles. The van der Waals surface area contributed by atoms with Gasteiger partial charge in [0, 0.05) is 24.6 Å². The predicted octanol–water partition coefficient (Wildman–Crippen LogP) is 3.17. The van der Waals surface area contributed by atoms with Gasteiger partial charge in [-0.2, -0.15) is 0 Å². The Kier molecular flexibility index (Phi) is 6.30. The first kappa shape index (κ1) is 19.0. The minimum absolute atomic E-state index is 0.317. The number of amides is 1. The summed E-state index contributed by atoms with van der Waals surface area (Å²) < 4.78 is 4.68. The minimum Gasteiger partial charge on any atom is -0.465 e. The Morgan fingerprint density at radius 1 is 0.964 bits per heavy atom. The van der Waals surface area contributed by atoms with Crippen LogP contribution in [0.2, 0.25) is 0 Å². The van der Waals surface area contributed by atoms with E-state index in [-0.39, 0.29) is 5.91 Å². The summed E-state index contributed by atoms with van der Waals surface area (Å²) in [7, 11) is 1.31. The van der Waals surface area contributed by atoms with E-state index in [2.05, 4.69) is 37.5 Å². The number of hydrogen-bond donors (Lipinski definition) is 2. The van der Waals surface area contributed by atoms with Gasteiger partial charge < -0.3 is 15.4 Å². The number of aromatic nitrogens is 2. The maximum absolute atomic E-state index is 12.3. The summed E-state index contributed by atoms with van der Waals surface area (Å²) in [5.74, 6) is -0.372. The zero-order valence-corrected chi connectivity index (χ0v) is 15.4. The highest BCUT2D eigenvalue weighted by atomic mass is 16.5. The van der Waals surface area contributed by atoms with Crippen molar-refractivity contribution in [3.8, 4) is 0 Å². The van der Waals surface area contributed by atoms with Crippen molar-refractivity contribution in [3.05, 3.63) is 83.7 Å². The van der Waals surface area contributed by atoms with Crippen molar-refractivity contribution in [2.45, 2.75) is 6.42 Å². The lowest BCUT2D eigenvalue weighted by Crippen LogP contribution is -2.14. The normalized spacial score (nSPS) is 10.2. The second kappa shape index (κ2) is 9.27. The fraction of sp³-hybridized carbons (Fsp3) is 0.143. The van der Waals surface area contributed by atoms with Crippen molar-refractivity contribution >= 4 is 23.5 Å². The molecule has 0 atom stereocenters. The molecule has 142 valence electrons. The van der Waals surface area contributed by atoms with Crippen LogP contribution < -0.4 is 10.6 Å². The summed E-state index contributed by atoms with van der Waals surface area (Å²) in [5.41, 5.74) is 2.38. The molecule has 1 amide bonds. The number of rotatable bonds is 7. The number of carbonyl (C=O) groups is 2. The number of hydrogen-bond acceptors (Lipinski definition) is 6. The van der Waals surface area contributed by atoms with Crippen molar-refractivity contribution < 1.29 is 14.3 Å². The van der Waals surface area contributed by atoms with Gasteiger partial charge in [-0.25, -0.2) is 14.8 Å². The molecule has 2 N–H and O–H groups in total. The molecule has 1 aromatic heterocycles. The number of methoxy groups -OCH3 is 1. The van der Waals surface area contributed by atoms with Gasteiger partial charge in [0.05, 0.1) is 18.2 Å². The van der Waals surface area contributed by atoms with Crippen LogP contribution in [0.3, 0.4) is 0 Å². The Bertz CT molecular complexity index is 943. The number of ether oxygens (including phenoxy) is 1. The molecule has 0 bridgehead atoms. The summed E-state index contributed by atoms with van der Waals surface area (Å²) in [6.45, 7) is 0.690. The summed E-state index contributed by atoms with van der Waals surface area (Å²) >= 11 is 0. The second-order valence-corrected chi connectivity index (χ2v) is 5.98. The SMILES string of the molecule is COC(=O)c1cccc(NC(=O)c2cnc(NCCc3ccccc3)nc2)c1. The average Bonchev–Trinajstić information content (AvgIpc) is 2.74. The topological polar surface area (TPSA) is 93.2 Å². The van der Waals surface area contributed by atoms with Crippen molar-refractivity contribution in [1.29, 1.82) is 0 Å². The lowest BCUT2D eigenvalue weighted by atomic mass is 10.1. The van der Waals surface area contributed by atoms with Gasteiger partial charge in [0.25, 0.3) is 5.91 Å². The Morgan fingerprint density at radius 3 is 2.43 bits per heavy atom. The molecule has 0 fully saturated rings. The van der Waals surface area contributed by atoms with Crippen LogP contribution in [0.4, 0.5) is 11.6 Å². The van der Waals surface area contributed by atoms with Crippen LogP contribution in [0.5, 0.6) is 0 Å². The van der Waals surface area contributed by atoms with Gasteiger partial charge in [-0.3, -0.25) is 4.79 Å². The van der Waals surface area contributed by atoms with Crippen LogP contribution in [0, 0.1) is 0 Å². The van der Waals surface area contributed by atoms with Gasteiger partial charge in [0.1, 0.15) is 0 Å². The van der Waals surface area contributed by atoms with Crippen molar-refractivity contribution in [2.24, 2.45) is 0 Å². The number of anilines is 2. The fourth-order valence-electron chi connectivity index (χ4n) is 2.54. The highest BCUT2D eigenvalue weighted by Gasteiger charge is 2.10. The Hall–Kier alpha value is -3.74. The van der Waals surface area contributed by atoms with Crippen LogP contribution in [-0.2, 0) is 11.2 Å². The number of nitrogens with one attached hydrogen (secondary N) is 2. The van der Waals surface area contributed by atoms with E-state index in [1.807, 2.05) is 18.2 Å². The highest BCUT2D eigenvalue weighted by Crippen LogP contribution is 2.13. The molecule has 3 aromatic rings. The van der Waals surface area contributed by atoms with Gasteiger partial charge in [0.15, 0.2) is 0 Å². The molecule has 0 aliphatic heterocycles. The van der Waals surface area contributed by atoms with Crippen LogP contribution in [0.15, 0.2) is 67.0 Å². The summed E-state index contributed by atoms with van der Waals surface area (Å²) in [6, 6.07) is 16.6. The molecule has 7 heteroatoms. The van der Waals surface area contributed by atoms with Crippen molar-refractivity contribution in [1.82, 2.24) is 9.97 Å². The van der Waals surface area contributed by atoms with Gasteiger partial charge in [-0.15, -0.1) is 0 Å². The number of esters is 1. The number of benzene rings is 2. The minimum atomic E-state index is -0.467. The summed E-state index contributed by atoms with van der Waals surface area (Å²) in [6.07, 6.45) is 3.76. The largest absolute Gasteiger partial charge is 0.465 e.